The van der Waals surface area contributed by atoms with E-state index in [2.05, 4.69) is 11.5 Å². The van der Waals surface area contributed by atoms with E-state index in [-0.39, 0.29) is 10.6 Å². The molecule has 0 aliphatic carbocycles. The maximum atomic E-state index is 11.5. The minimum absolute atomic E-state index is 0.0705. The molecule has 0 atom stereocenters. The topological polar surface area (TPSA) is 72.5 Å². The molecule has 3 N–H and O–H groups in total. The molecule has 0 aromatic heterocycles. The van der Waals surface area contributed by atoms with Crippen molar-refractivity contribution < 1.29 is 14.6 Å². The van der Waals surface area contributed by atoms with Crippen LogP contribution < -0.4 is 5.73 Å². The third kappa shape index (κ3) is 4.00. The summed E-state index contributed by atoms with van der Waals surface area (Å²) in [5.41, 5.74) is 11.3. The van der Waals surface area contributed by atoms with Crippen LogP contribution in [0.15, 0.2) is 0 Å². The molecule has 0 saturated carbocycles. The van der Waals surface area contributed by atoms with E-state index < -0.39 is 5.97 Å². The summed E-state index contributed by atoms with van der Waals surface area (Å²) in [5, 5.41) is 9.49. The van der Waals surface area contributed by atoms with Crippen molar-refractivity contribution in [3.63, 3.8) is 0 Å². The highest BCUT2D eigenvalue weighted by Gasteiger charge is 2.22. The van der Waals surface area contributed by atoms with E-state index in [0.717, 1.165) is 5.56 Å². The van der Waals surface area contributed by atoms with Crippen LogP contribution >= 0.6 is 11.6 Å². The maximum Gasteiger partial charge on any atom is 0.337 e. The zero-order valence-corrected chi connectivity index (χ0v) is 14.1. The zero-order chi connectivity index (χ0) is 16.0. The average molecular weight is 324 g/mol. The molecular formula is C15H18ClNO3Si. The lowest BCUT2D eigenvalue weighted by Gasteiger charge is -2.16. The molecule has 6 heteroatoms. The molecule has 0 spiro atoms. The van der Waals surface area contributed by atoms with Gasteiger partial charge in [0.05, 0.1) is 28.4 Å². The van der Waals surface area contributed by atoms with Gasteiger partial charge in [-0.2, -0.15) is 0 Å². The largest absolute Gasteiger partial charge is 0.478 e. The van der Waals surface area contributed by atoms with Crippen LogP contribution in [0.3, 0.4) is 0 Å². The number of nitrogens with two attached hydrogens (primary N) is 1. The van der Waals surface area contributed by atoms with E-state index in [1.807, 2.05) is 13.5 Å². The highest BCUT2D eigenvalue weighted by atomic mass is 35.5. The number of carboxylic acids is 1. The summed E-state index contributed by atoms with van der Waals surface area (Å²) in [7, 11) is 0.415. The molecule has 0 bridgehead atoms. The number of anilines is 1. The van der Waals surface area contributed by atoms with Crippen LogP contribution in [0.5, 0.6) is 0 Å². The van der Waals surface area contributed by atoms with Gasteiger partial charge in [-0.3, -0.25) is 0 Å². The van der Waals surface area contributed by atoms with Gasteiger partial charge in [0.2, 0.25) is 0 Å². The van der Waals surface area contributed by atoms with Gasteiger partial charge in [-0.15, -0.1) is 5.54 Å². The first-order valence-corrected chi connectivity index (χ1v) is 8.42. The van der Waals surface area contributed by atoms with Gasteiger partial charge in [0, 0.05) is 6.61 Å². The van der Waals surface area contributed by atoms with Gasteiger partial charge in [-0.05, 0) is 31.4 Å². The summed E-state index contributed by atoms with van der Waals surface area (Å²) in [6, 6.07) is 0. The lowest BCUT2D eigenvalue weighted by atomic mass is 9.94. The van der Waals surface area contributed by atoms with E-state index in [9.17, 15) is 9.90 Å². The van der Waals surface area contributed by atoms with E-state index in [1.165, 1.54) is 0 Å². The van der Waals surface area contributed by atoms with Crippen LogP contribution in [0.1, 0.15) is 34.0 Å². The van der Waals surface area contributed by atoms with Crippen molar-refractivity contribution in [3.8, 4) is 11.5 Å². The van der Waals surface area contributed by atoms with Crippen molar-refractivity contribution >= 4 is 32.8 Å². The van der Waals surface area contributed by atoms with Crippen molar-refractivity contribution in [1.29, 1.82) is 0 Å². The Labute approximate surface area is 132 Å². The Morgan fingerprint density at radius 2 is 2.19 bits per heavy atom. The fourth-order valence-corrected chi connectivity index (χ4v) is 2.68. The van der Waals surface area contributed by atoms with Gasteiger partial charge in [-0.1, -0.05) is 24.1 Å². The second-order valence-electron chi connectivity index (χ2n) is 4.33. The summed E-state index contributed by atoms with van der Waals surface area (Å²) in [6.45, 7) is 6.62. The van der Waals surface area contributed by atoms with Gasteiger partial charge in [0.25, 0.3) is 0 Å². The number of hydrogen-bond acceptors (Lipinski definition) is 3. The van der Waals surface area contributed by atoms with Crippen LogP contribution in [-0.4, -0.2) is 33.8 Å². The first kappa shape index (κ1) is 17.6. The molecule has 0 aliphatic rings. The molecule has 21 heavy (non-hydrogen) atoms. The van der Waals surface area contributed by atoms with Crippen LogP contribution in [0, 0.1) is 18.4 Å². The molecule has 2 radical (unpaired) electrons. The van der Waals surface area contributed by atoms with Gasteiger partial charge in [-0.25, -0.2) is 4.79 Å². The normalized spacial score (nSPS) is 10.1. The molecule has 0 aliphatic heterocycles. The fraction of sp³-hybridized carbons (Fsp3) is 0.400. The monoisotopic (exact) mass is 323 g/mol. The van der Waals surface area contributed by atoms with E-state index in [1.54, 1.807) is 6.92 Å². The van der Waals surface area contributed by atoms with E-state index >= 15 is 0 Å². The number of aromatic carboxylic acids is 1. The Kier molecular flexibility index (Phi) is 6.76. The van der Waals surface area contributed by atoms with Crippen LogP contribution in [-0.2, 0) is 11.2 Å². The molecule has 0 fully saturated rings. The minimum atomic E-state index is -1.07. The number of rotatable bonds is 5. The molecule has 1 aromatic rings. The summed E-state index contributed by atoms with van der Waals surface area (Å²) in [5.74, 6) is 1.81. The summed E-state index contributed by atoms with van der Waals surface area (Å²) in [4.78, 5) is 11.5. The minimum Gasteiger partial charge on any atom is -0.478 e. The number of halogens is 1. The molecule has 0 amide bonds. The Balaban J connectivity index is 3.48. The Bertz CT molecular complexity index is 605. The number of ether oxygens (including phenoxy) is 1. The van der Waals surface area contributed by atoms with Gasteiger partial charge >= 0.3 is 5.97 Å². The van der Waals surface area contributed by atoms with E-state index in [0.29, 0.717) is 46.0 Å². The molecule has 0 saturated heterocycles. The lowest BCUT2D eigenvalue weighted by molar-refractivity contribution is 0.0696. The second-order valence-corrected chi connectivity index (χ2v) is 5.46. The first-order valence-electron chi connectivity index (χ1n) is 6.54. The van der Waals surface area contributed by atoms with Crippen molar-refractivity contribution in [2.45, 2.75) is 26.8 Å². The Morgan fingerprint density at radius 3 is 2.71 bits per heavy atom. The maximum absolute atomic E-state index is 11.5. The zero-order valence-electron chi connectivity index (χ0n) is 12.3. The number of benzene rings is 1. The third-order valence-corrected chi connectivity index (χ3v) is 3.84. The lowest BCUT2D eigenvalue weighted by Crippen LogP contribution is -2.12. The number of hydrogen-bond donors (Lipinski definition) is 2. The quantitative estimate of drug-likeness (QED) is 0.378. The predicted octanol–water partition coefficient (Wildman–Crippen LogP) is 2.57. The van der Waals surface area contributed by atoms with Gasteiger partial charge < -0.3 is 15.6 Å². The van der Waals surface area contributed by atoms with Crippen molar-refractivity contribution in [2.75, 3.05) is 18.9 Å². The summed E-state index contributed by atoms with van der Waals surface area (Å²) < 4.78 is 5.33. The molecule has 1 rings (SSSR count). The van der Waals surface area contributed by atoms with Crippen LogP contribution in [0.2, 0.25) is 11.6 Å². The third-order valence-electron chi connectivity index (χ3n) is 3.09. The standard InChI is InChI=1S/C15H18ClNO3Si/c1-4-20-7-5-10-9(2)12(15(18)19)13(16)11(14(10)17)6-8-21-3/h4-5,7,17H2,1-3H3,(H,18,19). The SMILES string of the molecule is CCOCCc1c(C)c(C(=O)O)c(Cl)c(C#C[Si]C)c1N. The van der Waals surface area contributed by atoms with Crippen molar-refractivity contribution in [1.82, 2.24) is 0 Å². The van der Waals surface area contributed by atoms with Crippen molar-refractivity contribution in [2.24, 2.45) is 0 Å². The number of nitrogen functional groups attached to an aromatic ring is 1. The van der Waals surface area contributed by atoms with Crippen LogP contribution in [0.4, 0.5) is 5.69 Å². The van der Waals surface area contributed by atoms with Crippen LogP contribution in [0.25, 0.3) is 0 Å². The smallest absolute Gasteiger partial charge is 0.337 e. The fourth-order valence-electron chi connectivity index (χ4n) is 2.05. The highest BCUT2D eigenvalue weighted by molar-refractivity contribution is 6.44. The second kappa shape index (κ2) is 8.08. The molecule has 1 aromatic carbocycles. The molecule has 0 heterocycles. The molecule has 0 unspecified atom stereocenters. The molecular weight excluding hydrogens is 306 g/mol. The first-order chi connectivity index (χ1) is 9.95. The van der Waals surface area contributed by atoms with E-state index in [4.69, 9.17) is 22.1 Å². The number of carboxylic acid groups (broad SMARTS) is 1. The molecule has 4 nitrogen and oxygen atoms in total. The Hall–Kier alpha value is -1.48. The van der Waals surface area contributed by atoms with Gasteiger partial charge in [0.15, 0.2) is 0 Å². The average Bonchev–Trinajstić information content (AvgIpc) is 2.42. The summed E-state index contributed by atoms with van der Waals surface area (Å²) in [6.07, 6.45) is 0.534. The van der Waals surface area contributed by atoms with Crippen molar-refractivity contribution in [3.05, 3.63) is 27.3 Å². The predicted molar refractivity (Wildman–Crippen MR) is 86.3 cm³/mol. The number of carbonyl (C=O) groups is 1. The molecule has 112 valence electrons. The van der Waals surface area contributed by atoms with Gasteiger partial charge in [0.1, 0.15) is 9.52 Å². The highest BCUT2D eigenvalue weighted by Crippen LogP contribution is 2.33. The summed E-state index contributed by atoms with van der Waals surface area (Å²) >= 11 is 6.19. The Morgan fingerprint density at radius 1 is 1.52 bits per heavy atom.